The molecule has 0 aliphatic carbocycles. The van der Waals surface area contributed by atoms with E-state index in [9.17, 15) is 14.4 Å². The monoisotopic (exact) mass is 855 g/mol. The summed E-state index contributed by atoms with van der Waals surface area (Å²) in [6.45, 7) is 6.55. The largest absolute Gasteiger partial charge is 0.462 e. The van der Waals surface area contributed by atoms with Crippen molar-refractivity contribution < 1.29 is 28.6 Å². The molecule has 0 aliphatic rings. The highest BCUT2D eigenvalue weighted by atomic mass is 16.6. The minimum Gasteiger partial charge on any atom is -0.462 e. The molecule has 0 bridgehead atoms. The van der Waals surface area contributed by atoms with Gasteiger partial charge in [-0.1, -0.05) is 223 Å². The van der Waals surface area contributed by atoms with Gasteiger partial charge >= 0.3 is 17.9 Å². The standard InChI is InChI=1S/C55H98O6/c1-4-7-10-13-16-19-22-25-28-31-33-36-39-42-45-48-54(57)60-51-52(61-55(58)49-46-43-40-37-34-30-27-24-21-18-15-12-9-6-3)50-59-53(56)47-44-41-38-35-32-29-26-23-20-17-14-11-8-5-2/h14-15,17-18,23-24,26-27,52H,4-13,16,19-22,25,28-51H2,1-3H3/b17-14-,18-15-,26-23-,27-24-/t52-/m1/s1. The average molecular weight is 855 g/mol. The highest BCUT2D eigenvalue weighted by Gasteiger charge is 2.19. The Hall–Kier alpha value is -2.63. The van der Waals surface area contributed by atoms with Crippen molar-refractivity contribution in [3.8, 4) is 0 Å². The van der Waals surface area contributed by atoms with Crippen LogP contribution in [0.1, 0.15) is 265 Å². The number of ether oxygens (including phenoxy) is 3. The van der Waals surface area contributed by atoms with Crippen molar-refractivity contribution in [3.63, 3.8) is 0 Å². The van der Waals surface area contributed by atoms with Gasteiger partial charge in [0, 0.05) is 19.3 Å². The molecule has 0 unspecified atom stereocenters. The normalized spacial score (nSPS) is 12.4. The highest BCUT2D eigenvalue weighted by Crippen LogP contribution is 2.15. The maximum Gasteiger partial charge on any atom is 0.306 e. The van der Waals surface area contributed by atoms with E-state index in [0.717, 1.165) is 103 Å². The van der Waals surface area contributed by atoms with Crippen LogP contribution < -0.4 is 0 Å². The van der Waals surface area contributed by atoms with Crippen LogP contribution in [0.3, 0.4) is 0 Å². The van der Waals surface area contributed by atoms with Crippen LogP contribution in [0.4, 0.5) is 0 Å². The number of esters is 3. The lowest BCUT2D eigenvalue weighted by Crippen LogP contribution is -2.30. The van der Waals surface area contributed by atoms with Crippen LogP contribution in [-0.4, -0.2) is 37.2 Å². The molecule has 354 valence electrons. The minimum atomic E-state index is -0.783. The van der Waals surface area contributed by atoms with E-state index in [4.69, 9.17) is 14.2 Å². The first kappa shape index (κ1) is 58.4. The van der Waals surface area contributed by atoms with Crippen molar-refractivity contribution in [1.29, 1.82) is 0 Å². The molecule has 0 rings (SSSR count). The van der Waals surface area contributed by atoms with Crippen LogP contribution in [0.15, 0.2) is 48.6 Å². The summed E-state index contributed by atoms with van der Waals surface area (Å²) in [5, 5.41) is 0. The van der Waals surface area contributed by atoms with E-state index in [-0.39, 0.29) is 31.1 Å². The molecule has 0 aromatic rings. The van der Waals surface area contributed by atoms with Crippen molar-refractivity contribution in [1.82, 2.24) is 0 Å². The fourth-order valence-electron chi connectivity index (χ4n) is 7.30. The number of carbonyl (C=O) groups excluding carboxylic acids is 3. The quantitative estimate of drug-likeness (QED) is 0.0263. The zero-order chi connectivity index (χ0) is 44.4. The molecule has 0 aromatic heterocycles. The lowest BCUT2D eigenvalue weighted by molar-refractivity contribution is -0.167. The van der Waals surface area contributed by atoms with E-state index >= 15 is 0 Å². The fourth-order valence-corrected chi connectivity index (χ4v) is 7.30. The van der Waals surface area contributed by atoms with Crippen LogP contribution in [0.25, 0.3) is 0 Å². The van der Waals surface area contributed by atoms with E-state index in [1.165, 1.54) is 122 Å². The molecule has 0 N–H and O–H groups in total. The van der Waals surface area contributed by atoms with E-state index in [1.54, 1.807) is 0 Å². The molecule has 0 saturated heterocycles. The molecular formula is C55H98O6. The maximum atomic E-state index is 12.8. The second kappa shape index (κ2) is 50.0. The molecule has 0 amide bonds. The van der Waals surface area contributed by atoms with E-state index in [0.29, 0.717) is 19.3 Å². The van der Waals surface area contributed by atoms with Crippen LogP contribution in [0, 0.1) is 0 Å². The van der Waals surface area contributed by atoms with Gasteiger partial charge in [-0.05, 0) is 70.6 Å². The van der Waals surface area contributed by atoms with Crippen molar-refractivity contribution >= 4 is 17.9 Å². The summed E-state index contributed by atoms with van der Waals surface area (Å²) in [7, 11) is 0. The minimum absolute atomic E-state index is 0.0811. The van der Waals surface area contributed by atoms with E-state index in [2.05, 4.69) is 69.4 Å². The van der Waals surface area contributed by atoms with Crippen LogP contribution in [0.5, 0.6) is 0 Å². The van der Waals surface area contributed by atoms with Gasteiger partial charge in [-0.25, -0.2) is 0 Å². The smallest absolute Gasteiger partial charge is 0.306 e. The predicted octanol–water partition coefficient (Wildman–Crippen LogP) is 17.1. The van der Waals surface area contributed by atoms with Gasteiger partial charge in [0.1, 0.15) is 13.2 Å². The SMILES string of the molecule is CCCC/C=C\C/C=C\CCCCCCCC(=O)OC[C@H](COC(=O)CCCCCCCCCCCCCCCCC)OC(=O)CCCCCCC/C=C\C/C=C\CCCC. The molecule has 0 spiro atoms. The molecule has 0 radical (unpaired) electrons. The first-order valence-electron chi connectivity index (χ1n) is 26.1. The Kier molecular flexibility index (Phi) is 47.9. The fraction of sp³-hybridized carbons (Fsp3) is 0.800. The molecular weight excluding hydrogens is 757 g/mol. The molecule has 0 saturated carbocycles. The molecule has 0 heterocycles. The Morgan fingerprint density at radius 1 is 0.328 bits per heavy atom. The first-order chi connectivity index (χ1) is 30.0. The second-order valence-electron chi connectivity index (χ2n) is 17.4. The average Bonchev–Trinajstić information content (AvgIpc) is 3.26. The number of carbonyl (C=O) groups is 3. The van der Waals surface area contributed by atoms with E-state index < -0.39 is 6.10 Å². The van der Waals surface area contributed by atoms with Gasteiger partial charge in [0.05, 0.1) is 0 Å². The lowest BCUT2D eigenvalue weighted by Gasteiger charge is -2.18. The summed E-state index contributed by atoms with van der Waals surface area (Å²) in [4.78, 5) is 38.0. The Bertz CT molecular complexity index is 1070. The number of allylic oxidation sites excluding steroid dienone is 8. The van der Waals surface area contributed by atoms with Crippen LogP contribution >= 0.6 is 0 Å². The van der Waals surface area contributed by atoms with Gasteiger partial charge in [0.25, 0.3) is 0 Å². The van der Waals surface area contributed by atoms with Gasteiger partial charge in [-0.3, -0.25) is 14.4 Å². The van der Waals surface area contributed by atoms with E-state index in [1.807, 2.05) is 0 Å². The lowest BCUT2D eigenvalue weighted by atomic mass is 10.0. The Balaban J connectivity index is 4.40. The Morgan fingerprint density at radius 3 is 0.951 bits per heavy atom. The molecule has 1 atom stereocenters. The molecule has 0 aliphatic heterocycles. The third-order valence-corrected chi connectivity index (χ3v) is 11.3. The van der Waals surface area contributed by atoms with Crippen molar-refractivity contribution in [2.75, 3.05) is 13.2 Å². The predicted molar refractivity (Wildman–Crippen MR) is 261 cm³/mol. The van der Waals surface area contributed by atoms with Crippen LogP contribution in [-0.2, 0) is 28.6 Å². The maximum absolute atomic E-state index is 12.8. The number of unbranched alkanes of at least 4 members (excludes halogenated alkanes) is 28. The summed E-state index contributed by atoms with van der Waals surface area (Å²) < 4.78 is 16.8. The van der Waals surface area contributed by atoms with Gasteiger partial charge in [0.2, 0.25) is 0 Å². The van der Waals surface area contributed by atoms with Gasteiger partial charge in [-0.2, -0.15) is 0 Å². The van der Waals surface area contributed by atoms with Crippen molar-refractivity contribution in [2.45, 2.75) is 271 Å². The highest BCUT2D eigenvalue weighted by molar-refractivity contribution is 5.71. The van der Waals surface area contributed by atoms with Crippen LogP contribution in [0.2, 0.25) is 0 Å². The summed E-state index contributed by atoms with van der Waals surface area (Å²) in [5.41, 5.74) is 0. The molecule has 6 heteroatoms. The Morgan fingerprint density at radius 2 is 0.607 bits per heavy atom. The molecule has 61 heavy (non-hydrogen) atoms. The summed E-state index contributed by atoms with van der Waals surface area (Å²) in [5.74, 6) is -0.902. The zero-order valence-corrected chi connectivity index (χ0v) is 40.4. The second-order valence-corrected chi connectivity index (χ2v) is 17.4. The topological polar surface area (TPSA) is 78.9 Å². The number of hydrogen-bond donors (Lipinski definition) is 0. The van der Waals surface area contributed by atoms with Crippen molar-refractivity contribution in [3.05, 3.63) is 48.6 Å². The number of rotatable bonds is 47. The molecule has 0 fully saturated rings. The molecule has 6 nitrogen and oxygen atoms in total. The number of hydrogen-bond acceptors (Lipinski definition) is 6. The van der Waals surface area contributed by atoms with Gasteiger partial charge in [0.15, 0.2) is 6.10 Å². The summed E-state index contributed by atoms with van der Waals surface area (Å²) in [6, 6.07) is 0. The summed E-state index contributed by atoms with van der Waals surface area (Å²) in [6.07, 6.45) is 59.4. The van der Waals surface area contributed by atoms with Crippen molar-refractivity contribution in [2.24, 2.45) is 0 Å². The summed E-state index contributed by atoms with van der Waals surface area (Å²) >= 11 is 0. The Labute approximate surface area is 378 Å². The first-order valence-corrected chi connectivity index (χ1v) is 26.1. The third kappa shape index (κ3) is 48.3. The van der Waals surface area contributed by atoms with Gasteiger partial charge < -0.3 is 14.2 Å². The zero-order valence-electron chi connectivity index (χ0n) is 40.4. The molecule has 0 aromatic carbocycles. The van der Waals surface area contributed by atoms with Gasteiger partial charge in [-0.15, -0.1) is 0 Å². The third-order valence-electron chi connectivity index (χ3n) is 11.3.